The first-order valence-corrected chi connectivity index (χ1v) is 16.2. The molecule has 0 atom stereocenters. The maximum atomic E-state index is 2.37. The number of rotatable bonds is 0. The van der Waals surface area contributed by atoms with Gasteiger partial charge >= 0.3 is 0 Å². The van der Waals surface area contributed by atoms with Crippen LogP contribution in [0.3, 0.4) is 0 Å². The van der Waals surface area contributed by atoms with Crippen LogP contribution < -0.4 is 0 Å². The van der Waals surface area contributed by atoms with E-state index in [9.17, 15) is 0 Å². The molecule has 0 N–H and O–H groups in total. The van der Waals surface area contributed by atoms with Crippen molar-refractivity contribution in [3.05, 3.63) is 192 Å². The highest BCUT2D eigenvalue weighted by Gasteiger charge is 2.12. The molecule has 216 valence electrons. The second kappa shape index (κ2) is 11.0. The lowest BCUT2D eigenvalue weighted by atomic mass is 9.89. The summed E-state index contributed by atoms with van der Waals surface area (Å²) in [5, 5.41) is 5.12. The zero-order valence-electron chi connectivity index (χ0n) is 25.6. The van der Waals surface area contributed by atoms with Crippen molar-refractivity contribution in [2.75, 3.05) is 0 Å². The Bertz CT molecular complexity index is 2170. The van der Waals surface area contributed by atoms with E-state index in [0.29, 0.717) is 0 Å². The molecule has 0 heterocycles. The van der Waals surface area contributed by atoms with Gasteiger partial charge in [0.25, 0.3) is 0 Å². The van der Waals surface area contributed by atoms with Crippen molar-refractivity contribution in [2.24, 2.45) is 0 Å². The van der Waals surface area contributed by atoms with E-state index in [4.69, 9.17) is 0 Å². The van der Waals surface area contributed by atoms with Crippen LogP contribution in [-0.4, -0.2) is 0 Å². The van der Waals surface area contributed by atoms with Gasteiger partial charge in [-0.3, -0.25) is 0 Å². The maximum Gasteiger partial charge on any atom is -0.00258 e. The first kappa shape index (κ1) is 26.7. The Morgan fingerprint density at radius 2 is 0.543 bits per heavy atom. The van der Waals surface area contributed by atoms with Crippen molar-refractivity contribution in [3.63, 3.8) is 0 Å². The van der Waals surface area contributed by atoms with Gasteiger partial charge in [-0.2, -0.15) is 0 Å². The Morgan fingerprint density at radius 1 is 0.261 bits per heavy atom. The molecule has 46 heavy (non-hydrogen) atoms. The molecular formula is C46H32. The fourth-order valence-corrected chi connectivity index (χ4v) is 7.10. The molecule has 0 saturated carbocycles. The Labute approximate surface area is 270 Å². The van der Waals surface area contributed by atoms with Gasteiger partial charge in [-0.1, -0.05) is 158 Å². The van der Waals surface area contributed by atoms with Gasteiger partial charge < -0.3 is 0 Å². The summed E-state index contributed by atoms with van der Waals surface area (Å²) in [5.74, 6) is 0. The minimum atomic E-state index is 0.913. The number of hydrogen-bond acceptors (Lipinski definition) is 0. The molecule has 0 fully saturated rings. The van der Waals surface area contributed by atoms with Crippen molar-refractivity contribution in [1.29, 1.82) is 0 Å². The first-order valence-electron chi connectivity index (χ1n) is 16.2. The van der Waals surface area contributed by atoms with Crippen LogP contribution in [0.2, 0.25) is 0 Å². The molecule has 0 aromatic heterocycles. The van der Waals surface area contributed by atoms with Gasteiger partial charge in [0, 0.05) is 0 Å². The molecule has 0 saturated heterocycles. The largest absolute Gasteiger partial charge is 0.0616 e. The third-order valence-corrected chi connectivity index (χ3v) is 9.69. The van der Waals surface area contributed by atoms with E-state index in [0.717, 1.165) is 12.8 Å². The summed E-state index contributed by atoms with van der Waals surface area (Å²) in [6.07, 6.45) is 1.83. The third-order valence-electron chi connectivity index (χ3n) is 9.69. The molecule has 0 aliphatic heterocycles. The van der Waals surface area contributed by atoms with E-state index >= 15 is 0 Å². The molecule has 0 nitrogen and oxygen atoms in total. The van der Waals surface area contributed by atoms with Crippen molar-refractivity contribution in [3.8, 4) is 44.5 Å². The van der Waals surface area contributed by atoms with Crippen LogP contribution in [0, 0.1) is 0 Å². The highest BCUT2D eigenvalue weighted by Crippen LogP contribution is 2.38. The van der Waals surface area contributed by atoms with Gasteiger partial charge in [0.15, 0.2) is 0 Å². The molecular weight excluding hydrogens is 553 g/mol. The molecule has 0 spiro atoms. The summed E-state index contributed by atoms with van der Waals surface area (Å²) in [6, 6.07) is 63.4. The number of hydrogen-bond donors (Lipinski definition) is 0. The highest BCUT2D eigenvalue weighted by atomic mass is 14.2. The van der Waals surface area contributed by atoms with Crippen LogP contribution in [0.1, 0.15) is 22.3 Å². The van der Waals surface area contributed by atoms with Crippen molar-refractivity contribution in [2.45, 2.75) is 12.8 Å². The van der Waals surface area contributed by atoms with Gasteiger partial charge in [0.2, 0.25) is 0 Å². The normalized spacial score (nSPS) is 12.2. The fraction of sp³-hybridized carbons (Fsp3) is 0.0435. The minimum absolute atomic E-state index is 0.913. The van der Waals surface area contributed by atoms with Gasteiger partial charge in [-0.05, 0) is 113 Å². The molecule has 16 aliphatic carbocycles. The van der Waals surface area contributed by atoms with E-state index in [1.54, 1.807) is 0 Å². The summed E-state index contributed by atoms with van der Waals surface area (Å²) < 4.78 is 0. The average Bonchev–Trinajstić information content (AvgIpc) is 3.12. The smallest absolute Gasteiger partial charge is 0.00258 e. The summed E-state index contributed by atoms with van der Waals surface area (Å²) in [4.78, 5) is 0. The number of benzene rings is 8. The van der Waals surface area contributed by atoms with Crippen LogP contribution in [0.15, 0.2) is 170 Å². The standard InChI is InChI=1S/C46H32/c1-2-4-42-30-46-44-26-25-43(45(46)29-41(42)3-1)39-17-9-33(10-18-39)27-31-5-13-35(14-6-31)37-21-23-38(24-22-37)36-15-7-32(8-16-36)28-34-11-19-40(44)20-12-34/h1-26,29-30H,27-28H2. The Kier molecular flexibility index (Phi) is 6.39. The van der Waals surface area contributed by atoms with E-state index in [-0.39, 0.29) is 0 Å². The molecule has 12 bridgehead atoms. The molecule has 8 aromatic rings. The monoisotopic (exact) mass is 584 g/mol. The average molecular weight is 585 g/mol. The van der Waals surface area contributed by atoms with Crippen LogP contribution in [-0.2, 0) is 12.8 Å². The van der Waals surface area contributed by atoms with Crippen molar-refractivity contribution < 1.29 is 0 Å². The molecule has 0 unspecified atom stereocenters. The minimum Gasteiger partial charge on any atom is -0.0616 e. The van der Waals surface area contributed by atoms with E-state index in [1.165, 1.54) is 88.3 Å². The third kappa shape index (κ3) is 4.89. The molecule has 0 heteroatoms. The van der Waals surface area contributed by atoms with Crippen LogP contribution >= 0.6 is 0 Å². The molecule has 16 aliphatic rings. The second-order valence-corrected chi connectivity index (χ2v) is 12.6. The van der Waals surface area contributed by atoms with Crippen LogP contribution in [0.25, 0.3) is 66.1 Å². The summed E-state index contributed by atoms with van der Waals surface area (Å²) in [5.41, 5.74) is 15.3. The molecule has 0 radical (unpaired) electrons. The van der Waals surface area contributed by atoms with Crippen molar-refractivity contribution >= 4 is 21.5 Å². The molecule has 8 aromatic carbocycles. The van der Waals surface area contributed by atoms with Crippen LogP contribution in [0.4, 0.5) is 0 Å². The zero-order valence-corrected chi connectivity index (χ0v) is 25.6. The van der Waals surface area contributed by atoms with E-state index < -0.39 is 0 Å². The zero-order chi connectivity index (χ0) is 30.5. The van der Waals surface area contributed by atoms with Crippen LogP contribution in [0.5, 0.6) is 0 Å². The Balaban J connectivity index is 1.19. The van der Waals surface area contributed by atoms with Gasteiger partial charge in [0.05, 0.1) is 0 Å². The Hall–Kier alpha value is -5.72. The lowest BCUT2D eigenvalue weighted by molar-refractivity contribution is 1.19. The lowest BCUT2D eigenvalue weighted by Gasteiger charge is -2.15. The maximum absolute atomic E-state index is 2.37. The molecule has 24 rings (SSSR count). The fourth-order valence-electron chi connectivity index (χ4n) is 7.10. The second-order valence-electron chi connectivity index (χ2n) is 12.6. The topological polar surface area (TPSA) is 0 Å². The quantitative estimate of drug-likeness (QED) is 0.156. The van der Waals surface area contributed by atoms with Gasteiger partial charge in [-0.15, -0.1) is 0 Å². The summed E-state index contributed by atoms with van der Waals surface area (Å²) >= 11 is 0. The Morgan fingerprint density at radius 3 is 0.870 bits per heavy atom. The van der Waals surface area contributed by atoms with Crippen molar-refractivity contribution in [1.82, 2.24) is 0 Å². The molecule has 0 amide bonds. The number of fused-ring (bicyclic) bond motifs is 1. The van der Waals surface area contributed by atoms with Gasteiger partial charge in [0.1, 0.15) is 0 Å². The lowest BCUT2D eigenvalue weighted by Crippen LogP contribution is -1.91. The summed E-state index contributed by atoms with van der Waals surface area (Å²) in [7, 11) is 0. The van der Waals surface area contributed by atoms with E-state index in [2.05, 4.69) is 170 Å². The predicted molar refractivity (Wildman–Crippen MR) is 195 cm³/mol. The van der Waals surface area contributed by atoms with E-state index in [1.807, 2.05) is 0 Å². The first-order chi connectivity index (χ1) is 22.7. The summed E-state index contributed by atoms with van der Waals surface area (Å²) in [6.45, 7) is 0. The SMILES string of the molecule is c1ccc2cc3c4ccc(c3cc2c1)-c1ccc(cc1)Cc1ccc(cc1)-c1ccc(cc1)-c1ccc(cc1)Cc1ccc-4cc1. The predicted octanol–water partition coefficient (Wildman–Crippen LogP) is 12.2. The highest BCUT2D eigenvalue weighted by molar-refractivity contribution is 6.10. The van der Waals surface area contributed by atoms with Gasteiger partial charge in [-0.25, -0.2) is 0 Å².